The molecular weight excluding hydrogens is 540 g/mol. The van der Waals surface area contributed by atoms with Gasteiger partial charge in [-0.15, -0.1) is 0 Å². The molecule has 6 rings (SSSR count). The van der Waals surface area contributed by atoms with Gasteiger partial charge >= 0.3 is 5.97 Å². The van der Waals surface area contributed by atoms with E-state index >= 15 is 0 Å². The highest BCUT2D eigenvalue weighted by Gasteiger charge is 2.69. The van der Waals surface area contributed by atoms with Gasteiger partial charge in [-0.1, -0.05) is 54.4 Å². The van der Waals surface area contributed by atoms with Crippen LogP contribution in [0.4, 0.5) is 0 Å². The van der Waals surface area contributed by atoms with Gasteiger partial charge in [-0.25, -0.2) is 0 Å². The first kappa shape index (κ1) is 36.5. The van der Waals surface area contributed by atoms with Crippen molar-refractivity contribution < 1.29 is 29.3 Å². The first-order valence-corrected chi connectivity index (χ1v) is 17.4. The Morgan fingerprint density at radius 3 is 2.07 bits per heavy atom. The molecule has 2 N–H and O–H groups in total. The molecule has 1 heterocycles. The molecule has 250 valence electrons. The molecule has 1 aliphatic heterocycles. The Hall–Kier alpha value is -0.980. The third-order valence-electron chi connectivity index (χ3n) is 14.0. The molecule has 6 fully saturated rings. The van der Waals surface area contributed by atoms with Crippen LogP contribution >= 0.6 is 0 Å². The molecule has 5 aliphatic carbocycles. The van der Waals surface area contributed by atoms with Crippen molar-refractivity contribution >= 4 is 12.3 Å². The number of fused-ring (bicyclic) bond motifs is 7. The fraction of sp³-hybridized carbons (Fsp3) is 0.946. The minimum atomic E-state index is -0.163. The predicted octanol–water partition coefficient (Wildman–Crippen LogP) is 7.77. The third-order valence-corrected chi connectivity index (χ3v) is 14.0. The zero-order valence-corrected chi connectivity index (χ0v) is 29.2. The van der Waals surface area contributed by atoms with E-state index in [0.717, 1.165) is 38.4 Å². The second-order valence-corrected chi connectivity index (χ2v) is 16.5. The summed E-state index contributed by atoms with van der Waals surface area (Å²) in [5.41, 5.74) is 1.89. The molecule has 0 amide bonds. The topological polar surface area (TPSA) is 96.4 Å². The molecule has 6 nitrogen and oxygen atoms in total. The number of rotatable bonds is 5. The van der Waals surface area contributed by atoms with Crippen molar-refractivity contribution in [2.75, 3.05) is 27.4 Å². The molecular formula is C37H66O6. The van der Waals surface area contributed by atoms with Crippen molar-refractivity contribution in [2.45, 2.75) is 144 Å². The van der Waals surface area contributed by atoms with Crippen LogP contribution in [-0.4, -0.2) is 55.5 Å². The Kier molecular flexibility index (Phi) is 11.7. The molecule has 9 atom stereocenters. The minimum absolute atomic E-state index is 0.0569. The monoisotopic (exact) mass is 606 g/mol. The summed E-state index contributed by atoms with van der Waals surface area (Å²) in [5.74, 6) is 3.17. The number of ether oxygens (including phenoxy) is 2. The van der Waals surface area contributed by atoms with Crippen LogP contribution in [0.1, 0.15) is 138 Å². The summed E-state index contributed by atoms with van der Waals surface area (Å²) in [4.78, 5) is 23.1. The fourth-order valence-corrected chi connectivity index (χ4v) is 11.6. The highest BCUT2D eigenvalue weighted by Crippen LogP contribution is 2.76. The molecule has 0 aromatic rings. The fourth-order valence-electron chi connectivity index (χ4n) is 11.6. The van der Waals surface area contributed by atoms with Crippen LogP contribution in [0.3, 0.4) is 0 Å². The highest BCUT2D eigenvalue weighted by atomic mass is 16.6. The van der Waals surface area contributed by atoms with E-state index in [0.29, 0.717) is 47.2 Å². The first-order valence-electron chi connectivity index (χ1n) is 17.4. The van der Waals surface area contributed by atoms with E-state index in [2.05, 4.69) is 34.6 Å². The van der Waals surface area contributed by atoms with E-state index in [-0.39, 0.29) is 17.0 Å². The van der Waals surface area contributed by atoms with Crippen LogP contribution in [0.5, 0.6) is 0 Å². The Bertz CT molecular complexity index is 943. The van der Waals surface area contributed by atoms with Gasteiger partial charge in [-0.3, -0.25) is 4.79 Å². The second-order valence-electron chi connectivity index (χ2n) is 16.5. The van der Waals surface area contributed by atoms with E-state index in [1.54, 1.807) is 0 Å². The van der Waals surface area contributed by atoms with Gasteiger partial charge in [0.15, 0.2) is 0 Å². The molecule has 0 aromatic heterocycles. The van der Waals surface area contributed by atoms with Gasteiger partial charge in [0.1, 0.15) is 18.5 Å². The van der Waals surface area contributed by atoms with Crippen LogP contribution < -0.4 is 0 Å². The summed E-state index contributed by atoms with van der Waals surface area (Å²) in [5, 5.41) is 14.0. The average molecular weight is 607 g/mol. The van der Waals surface area contributed by atoms with E-state index in [1.165, 1.54) is 83.3 Å². The quantitative estimate of drug-likeness (QED) is 0.189. The Balaban J connectivity index is 0.000000284. The number of aldehydes is 1. The molecule has 0 spiro atoms. The number of esters is 1. The van der Waals surface area contributed by atoms with E-state index in [9.17, 15) is 9.59 Å². The molecule has 5 saturated carbocycles. The van der Waals surface area contributed by atoms with Gasteiger partial charge in [0.2, 0.25) is 0 Å². The number of carbonyl (C=O) groups is 2. The maximum Gasteiger partial charge on any atom is 0.305 e. The minimum Gasteiger partial charge on any atom is -0.463 e. The lowest BCUT2D eigenvalue weighted by Crippen LogP contribution is -2.65. The van der Waals surface area contributed by atoms with Crippen molar-refractivity contribution in [3.63, 3.8) is 0 Å². The number of aliphatic hydroxyl groups is 2. The zero-order chi connectivity index (χ0) is 32.3. The van der Waals surface area contributed by atoms with Crippen LogP contribution in [0, 0.1) is 50.7 Å². The van der Waals surface area contributed by atoms with E-state index in [4.69, 9.17) is 19.7 Å². The molecule has 7 unspecified atom stereocenters. The smallest absolute Gasteiger partial charge is 0.305 e. The normalized spacial score (nSPS) is 44.9. The Morgan fingerprint density at radius 1 is 0.791 bits per heavy atom. The molecule has 6 aliphatic rings. The number of aliphatic hydroxyl groups excluding tert-OH is 2. The average Bonchev–Trinajstić information content (AvgIpc) is 3.56. The summed E-state index contributed by atoms with van der Waals surface area (Å²) < 4.78 is 9.99. The standard InChI is InChI=1S/C27H44O.C8H14O3.2CH4O/c1-23(2)12-7-13-24(3)21(23)11-15-26(5)22(24)10-9-19-20-8-6-14-27(20,18-28)17-16-25(19,26)4;1-3-4-7(9)10-5-8(2)6-11-8;2*1-2/h18-22H,6-17H2,1-5H3;3-6H2,1-2H3;2*2H,1H3/t19?,20?,21?,22?,24?,25-,26?,27?;8-;;/m10../s1. The van der Waals surface area contributed by atoms with Crippen LogP contribution in [0.2, 0.25) is 0 Å². The molecule has 43 heavy (non-hydrogen) atoms. The van der Waals surface area contributed by atoms with Gasteiger partial charge in [-0.2, -0.15) is 0 Å². The lowest BCUT2D eigenvalue weighted by atomic mass is 9.33. The summed E-state index contributed by atoms with van der Waals surface area (Å²) in [6.07, 6.45) is 19.1. The molecule has 0 aromatic carbocycles. The van der Waals surface area contributed by atoms with Crippen LogP contribution in [-0.2, 0) is 19.1 Å². The molecule has 6 heteroatoms. The first-order chi connectivity index (χ1) is 20.3. The number of epoxide rings is 1. The van der Waals surface area contributed by atoms with Crippen LogP contribution in [0.15, 0.2) is 0 Å². The summed E-state index contributed by atoms with van der Waals surface area (Å²) in [7, 11) is 2.00. The van der Waals surface area contributed by atoms with Crippen molar-refractivity contribution in [3.8, 4) is 0 Å². The third kappa shape index (κ3) is 6.50. The van der Waals surface area contributed by atoms with Gasteiger partial charge in [-0.05, 0) is 123 Å². The van der Waals surface area contributed by atoms with Gasteiger partial charge in [0, 0.05) is 26.1 Å². The molecule has 0 radical (unpaired) electrons. The second kappa shape index (κ2) is 13.8. The van der Waals surface area contributed by atoms with Gasteiger partial charge < -0.3 is 24.5 Å². The highest BCUT2D eigenvalue weighted by molar-refractivity contribution is 5.69. The van der Waals surface area contributed by atoms with Gasteiger partial charge in [0.05, 0.1) is 6.61 Å². The summed E-state index contributed by atoms with van der Waals surface area (Å²) in [6, 6.07) is 0. The Labute approximate surface area is 263 Å². The van der Waals surface area contributed by atoms with Crippen molar-refractivity contribution in [2.24, 2.45) is 50.7 Å². The predicted molar refractivity (Wildman–Crippen MR) is 172 cm³/mol. The van der Waals surface area contributed by atoms with E-state index in [1.807, 2.05) is 13.8 Å². The van der Waals surface area contributed by atoms with Crippen LogP contribution in [0.25, 0.3) is 0 Å². The number of hydrogen-bond donors (Lipinski definition) is 2. The SMILES string of the molecule is CC1(C)CCCC2(C)C1CCC1(C)C2CCC2C3CCCC3(C=O)CC[C@]21C.CCCC(=O)OC[C@@]1(C)CO1.CO.CO. The van der Waals surface area contributed by atoms with E-state index < -0.39 is 0 Å². The number of hydrogen-bond acceptors (Lipinski definition) is 6. The Morgan fingerprint density at radius 2 is 1.47 bits per heavy atom. The lowest BCUT2D eigenvalue weighted by molar-refractivity contribution is -0.231. The largest absolute Gasteiger partial charge is 0.463 e. The zero-order valence-electron chi connectivity index (χ0n) is 29.2. The van der Waals surface area contributed by atoms with Crippen molar-refractivity contribution in [1.82, 2.24) is 0 Å². The van der Waals surface area contributed by atoms with Gasteiger partial charge in [0.25, 0.3) is 0 Å². The lowest BCUT2D eigenvalue weighted by Gasteiger charge is -2.72. The summed E-state index contributed by atoms with van der Waals surface area (Å²) in [6.45, 7) is 18.3. The maximum absolute atomic E-state index is 12.2. The summed E-state index contributed by atoms with van der Waals surface area (Å²) >= 11 is 0. The maximum atomic E-state index is 12.2. The molecule has 0 bridgehead atoms. The molecule has 1 saturated heterocycles. The van der Waals surface area contributed by atoms with Crippen molar-refractivity contribution in [1.29, 1.82) is 0 Å². The van der Waals surface area contributed by atoms with Crippen molar-refractivity contribution in [3.05, 3.63) is 0 Å². The number of carbonyl (C=O) groups excluding carboxylic acids is 2.